The van der Waals surface area contributed by atoms with Crippen molar-refractivity contribution in [2.45, 2.75) is 20.5 Å². The number of aliphatic hydroxyl groups is 1. The minimum atomic E-state index is -0.240. The Kier molecular flexibility index (Phi) is 5.64. The summed E-state index contributed by atoms with van der Waals surface area (Å²) in [7, 11) is 0. The van der Waals surface area contributed by atoms with Gasteiger partial charge in [-0.25, -0.2) is 4.98 Å². The summed E-state index contributed by atoms with van der Waals surface area (Å²) in [5, 5.41) is 15.2. The number of benzene rings is 3. The summed E-state index contributed by atoms with van der Waals surface area (Å²) in [6.45, 7) is 2.66. The Balaban J connectivity index is 1.87. The molecule has 0 spiro atoms. The molecule has 0 bridgehead atoms. The van der Waals surface area contributed by atoms with E-state index in [1.54, 1.807) is 6.07 Å². The number of carbonyl (C=O) groups is 2. The van der Waals surface area contributed by atoms with Crippen molar-refractivity contribution in [1.82, 2.24) is 4.98 Å². The van der Waals surface area contributed by atoms with Crippen LogP contribution in [-0.4, -0.2) is 28.3 Å². The quantitative estimate of drug-likeness (QED) is 0.453. The largest absolute Gasteiger partial charge is 0.392 e. The van der Waals surface area contributed by atoms with Gasteiger partial charge < -0.3 is 15.3 Å². The number of nitrogens with one attached hydrogen (secondary N) is 1. The van der Waals surface area contributed by atoms with E-state index < -0.39 is 0 Å². The highest BCUT2D eigenvalue weighted by atomic mass is 16.3. The Hall–Kier alpha value is -3.77. The Bertz CT molecular complexity index is 1250. The fraction of sp³-hybridized carbons (Fsp3) is 0.160. The third-order valence-electron chi connectivity index (χ3n) is 5.09. The molecule has 1 aromatic heterocycles. The molecule has 0 fully saturated rings. The SMILES string of the molecule is CC(=O)CN(C(C)=O)c1cc(CO)cc(Nc2c3ccccc3nc3ccccc23)c1. The van der Waals surface area contributed by atoms with Crippen molar-refractivity contribution in [2.75, 3.05) is 16.8 Å². The molecule has 31 heavy (non-hydrogen) atoms. The van der Waals surface area contributed by atoms with Gasteiger partial charge >= 0.3 is 0 Å². The summed E-state index contributed by atoms with van der Waals surface area (Å²) in [6, 6.07) is 21.1. The molecule has 6 nitrogen and oxygen atoms in total. The van der Waals surface area contributed by atoms with E-state index >= 15 is 0 Å². The molecule has 4 rings (SSSR count). The van der Waals surface area contributed by atoms with Crippen LogP contribution in [0.2, 0.25) is 0 Å². The van der Waals surface area contributed by atoms with Gasteiger partial charge in [0.05, 0.1) is 29.9 Å². The average Bonchev–Trinajstić information content (AvgIpc) is 2.76. The molecular formula is C25H23N3O3. The van der Waals surface area contributed by atoms with Crippen LogP contribution in [0, 0.1) is 0 Å². The smallest absolute Gasteiger partial charge is 0.224 e. The van der Waals surface area contributed by atoms with Crippen molar-refractivity contribution in [3.05, 3.63) is 72.3 Å². The second kappa shape index (κ2) is 8.53. The van der Waals surface area contributed by atoms with Gasteiger partial charge in [0.25, 0.3) is 0 Å². The summed E-state index contributed by atoms with van der Waals surface area (Å²) >= 11 is 0. The maximum Gasteiger partial charge on any atom is 0.224 e. The van der Waals surface area contributed by atoms with E-state index in [1.165, 1.54) is 18.7 Å². The number of hydrogen-bond acceptors (Lipinski definition) is 5. The van der Waals surface area contributed by atoms with Gasteiger partial charge in [0.2, 0.25) is 5.91 Å². The molecule has 1 amide bonds. The molecule has 0 unspecified atom stereocenters. The van der Waals surface area contributed by atoms with Gasteiger partial charge in [-0.05, 0) is 42.8 Å². The second-order valence-electron chi connectivity index (χ2n) is 7.50. The highest BCUT2D eigenvalue weighted by Crippen LogP contribution is 2.34. The number of rotatable bonds is 6. The number of amides is 1. The van der Waals surface area contributed by atoms with Gasteiger partial charge in [-0.2, -0.15) is 0 Å². The summed E-state index contributed by atoms with van der Waals surface area (Å²) in [5.74, 6) is -0.360. The fourth-order valence-corrected chi connectivity index (χ4v) is 3.72. The number of carbonyl (C=O) groups excluding carboxylic acids is 2. The number of anilines is 3. The lowest BCUT2D eigenvalue weighted by Crippen LogP contribution is -2.33. The molecule has 0 radical (unpaired) electrons. The molecule has 4 aromatic rings. The Labute approximate surface area is 180 Å². The fourth-order valence-electron chi connectivity index (χ4n) is 3.72. The van der Waals surface area contributed by atoms with Crippen LogP contribution in [0.25, 0.3) is 21.8 Å². The van der Waals surface area contributed by atoms with Crippen molar-refractivity contribution in [3.8, 4) is 0 Å². The number of ketones is 1. The van der Waals surface area contributed by atoms with Gasteiger partial charge in [-0.15, -0.1) is 0 Å². The van der Waals surface area contributed by atoms with Gasteiger partial charge in [-0.3, -0.25) is 9.59 Å². The molecule has 0 atom stereocenters. The first-order chi connectivity index (χ1) is 15.0. The van der Waals surface area contributed by atoms with E-state index in [9.17, 15) is 14.7 Å². The molecule has 0 saturated carbocycles. The normalized spacial score (nSPS) is 10.9. The highest BCUT2D eigenvalue weighted by Gasteiger charge is 2.16. The molecule has 6 heteroatoms. The van der Waals surface area contributed by atoms with Crippen LogP contribution >= 0.6 is 0 Å². The molecule has 0 saturated heterocycles. The van der Waals surface area contributed by atoms with Crippen LogP contribution < -0.4 is 10.2 Å². The van der Waals surface area contributed by atoms with Crippen molar-refractivity contribution in [3.63, 3.8) is 0 Å². The maximum absolute atomic E-state index is 12.2. The van der Waals surface area contributed by atoms with Gasteiger partial charge in [0.1, 0.15) is 5.78 Å². The lowest BCUT2D eigenvalue weighted by molar-refractivity contribution is -0.120. The Morgan fingerprint density at radius 1 is 0.935 bits per heavy atom. The first-order valence-corrected chi connectivity index (χ1v) is 10.0. The summed E-state index contributed by atoms with van der Waals surface area (Å²) in [4.78, 5) is 30.0. The minimum absolute atomic E-state index is 0.0230. The van der Waals surface area contributed by atoms with E-state index in [0.29, 0.717) is 16.9 Å². The predicted molar refractivity (Wildman–Crippen MR) is 124 cm³/mol. The molecule has 0 aliphatic carbocycles. The molecule has 1 heterocycles. The predicted octanol–water partition coefficient (Wildman–Crippen LogP) is 4.57. The van der Waals surface area contributed by atoms with Crippen molar-refractivity contribution < 1.29 is 14.7 Å². The summed E-state index contributed by atoms with van der Waals surface area (Å²) in [5.41, 5.74) is 4.52. The highest BCUT2D eigenvalue weighted by molar-refractivity contribution is 6.08. The Morgan fingerprint density at radius 3 is 2.10 bits per heavy atom. The number of para-hydroxylation sites is 2. The second-order valence-corrected chi connectivity index (χ2v) is 7.50. The van der Waals surface area contributed by atoms with Crippen LogP contribution in [0.4, 0.5) is 17.1 Å². The summed E-state index contributed by atoms with van der Waals surface area (Å²) < 4.78 is 0. The van der Waals surface area contributed by atoms with Crippen LogP contribution in [0.15, 0.2) is 66.7 Å². The maximum atomic E-state index is 12.2. The first-order valence-electron chi connectivity index (χ1n) is 10.0. The molecule has 0 aliphatic heterocycles. The number of Topliss-reactive ketones (excluding diaryl/α,β-unsaturated/α-hetero) is 1. The molecule has 0 aliphatic rings. The van der Waals surface area contributed by atoms with Crippen LogP contribution in [0.3, 0.4) is 0 Å². The van der Waals surface area contributed by atoms with Crippen LogP contribution in [0.5, 0.6) is 0 Å². The van der Waals surface area contributed by atoms with E-state index in [0.717, 1.165) is 27.5 Å². The molecule has 3 aromatic carbocycles. The monoisotopic (exact) mass is 413 g/mol. The lowest BCUT2D eigenvalue weighted by atomic mass is 10.1. The average molecular weight is 413 g/mol. The standard InChI is InChI=1S/C25H23N3O3/c1-16(30)14-28(17(2)31)20-12-18(15-29)11-19(13-20)26-25-21-7-3-5-9-23(21)27-24-10-6-4-8-22(24)25/h3-13,29H,14-15H2,1-2H3,(H,26,27). The summed E-state index contributed by atoms with van der Waals surface area (Å²) in [6.07, 6.45) is 0. The number of pyridine rings is 1. The first kappa shape index (κ1) is 20.5. The van der Waals surface area contributed by atoms with E-state index in [-0.39, 0.29) is 24.8 Å². The zero-order valence-electron chi connectivity index (χ0n) is 17.4. The number of hydrogen-bond donors (Lipinski definition) is 2. The van der Waals surface area contributed by atoms with E-state index in [4.69, 9.17) is 4.98 Å². The van der Waals surface area contributed by atoms with Crippen molar-refractivity contribution in [2.24, 2.45) is 0 Å². The van der Waals surface area contributed by atoms with Crippen LogP contribution in [0.1, 0.15) is 19.4 Å². The van der Waals surface area contributed by atoms with Crippen molar-refractivity contribution >= 4 is 50.6 Å². The van der Waals surface area contributed by atoms with Gasteiger partial charge in [0.15, 0.2) is 0 Å². The zero-order chi connectivity index (χ0) is 22.0. The van der Waals surface area contributed by atoms with E-state index in [2.05, 4.69) is 5.32 Å². The van der Waals surface area contributed by atoms with Crippen LogP contribution in [-0.2, 0) is 16.2 Å². The third kappa shape index (κ3) is 4.25. The van der Waals surface area contributed by atoms with Gasteiger partial charge in [-0.1, -0.05) is 36.4 Å². The number of nitrogens with zero attached hydrogens (tertiary/aromatic N) is 2. The zero-order valence-corrected chi connectivity index (χ0v) is 17.4. The molecule has 156 valence electrons. The molecular weight excluding hydrogens is 390 g/mol. The third-order valence-corrected chi connectivity index (χ3v) is 5.09. The number of aromatic nitrogens is 1. The molecule has 2 N–H and O–H groups in total. The number of fused-ring (bicyclic) bond motifs is 2. The van der Waals surface area contributed by atoms with Crippen molar-refractivity contribution in [1.29, 1.82) is 0 Å². The topological polar surface area (TPSA) is 82.5 Å². The Morgan fingerprint density at radius 2 is 1.55 bits per heavy atom. The minimum Gasteiger partial charge on any atom is -0.392 e. The lowest BCUT2D eigenvalue weighted by Gasteiger charge is -2.22. The van der Waals surface area contributed by atoms with E-state index in [1.807, 2.05) is 60.7 Å². The number of aliphatic hydroxyl groups excluding tert-OH is 1. The van der Waals surface area contributed by atoms with Gasteiger partial charge in [0, 0.05) is 29.1 Å².